The fourth-order valence-electron chi connectivity index (χ4n) is 5.29. The molecule has 0 radical (unpaired) electrons. The Bertz CT molecular complexity index is 1740. The lowest BCUT2D eigenvalue weighted by Crippen LogP contribution is -2.53. The highest BCUT2D eigenvalue weighted by molar-refractivity contribution is 5.98. The van der Waals surface area contributed by atoms with Crippen molar-refractivity contribution >= 4 is 28.4 Å². The predicted octanol–water partition coefficient (Wildman–Crippen LogP) is 5.16. The van der Waals surface area contributed by atoms with E-state index in [0.29, 0.717) is 27.8 Å². The maximum Gasteiger partial charge on any atom is 0.418 e. The highest BCUT2D eigenvalue weighted by Crippen LogP contribution is 2.44. The maximum atomic E-state index is 14.5. The number of benzene rings is 3. The average Bonchev–Trinajstić information content (AvgIpc) is 3.39. The molecule has 1 aromatic heterocycles. The number of aryl methyl sites for hydroxylation is 1. The van der Waals surface area contributed by atoms with E-state index in [1.807, 2.05) is 0 Å². The van der Waals surface area contributed by atoms with Gasteiger partial charge in [-0.2, -0.15) is 18.3 Å². The number of halogens is 4. The van der Waals surface area contributed by atoms with Crippen molar-refractivity contribution in [1.82, 2.24) is 15.1 Å². The Morgan fingerprint density at radius 3 is 2.47 bits per heavy atom. The van der Waals surface area contributed by atoms with E-state index in [9.17, 15) is 32.3 Å². The zero-order valence-corrected chi connectivity index (χ0v) is 25.4. The zero-order chi connectivity index (χ0) is 33.3. The highest BCUT2D eigenvalue weighted by Gasteiger charge is 2.56. The number of aliphatic hydroxyl groups is 1. The van der Waals surface area contributed by atoms with Gasteiger partial charge in [-0.05, 0) is 79.8 Å². The molecule has 1 heterocycles. The van der Waals surface area contributed by atoms with Crippen LogP contribution >= 0.6 is 0 Å². The molecule has 240 valence electrons. The number of carbonyl (C=O) groups excluding carboxylic acids is 2. The minimum atomic E-state index is -5.04. The molecule has 0 aliphatic heterocycles. The van der Waals surface area contributed by atoms with Crippen LogP contribution in [0.2, 0.25) is 0 Å². The van der Waals surface area contributed by atoms with Gasteiger partial charge in [0.1, 0.15) is 17.6 Å². The van der Waals surface area contributed by atoms with Crippen molar-refractivity contribution < 1.29 is 37.0 Å². The molecule has 4 aromatic rings. The van der Waals surface area contributed by atoms with Crippen molar-refractivity contribution in [3.05, 3.63) is 83.3 Å². The normalized spacial score (nSPS) is 14.1. The average molecular weight is 630 g/mol. The van der Waals surface area contributed by atoms with E-state index < -0.39 is 53.8 Å². The molecule has 0 spiro atoms. The van der Waals surface area contributed by atoms with E-state index in [4.69, 9.17) is 10.5 Å². The third kappa shape index (κ3) is 7.03. The van der Waals surface area contributed by atoms with Crippen LogP contribution in [0.25, 0.3) is 16.6 Å². The van der Waals surface area contributed by atoms with Crippen LogP contribution < -0.4 is 21.1 Å². The first kappa shape index (κ1) is 33.2. The molecule has 0 saturated carbocycles. The van der Waals surface area contributed by atoms with Crippen LogP contribution in [0, 0.1) is 12.7 Å². The molecule has 13 heteroatoms. The summed E-state index contributed by atoms with van der Waals surface area (Å²) in [5, 5.41) is 21.3. The first-order valence-electron chi connectivity index (χ1n) is 14.0. The van der Waals surface area contributed by atoms with E-state index >= 15 is 0 Å². The molecule has 0 aliphatic carbocycles. The summed E-state index contributed by atoms with van der Waals surface area (Å²) in [6, 6.07) is 12.5. The summed E-state index contributed by atoms with van der Waals surface area (Å²) in [6.07, 6.45) is -4.38. The molecule has 2 amide bonds. The Kier molecular flexibility index (Phi) is 9.15. The van der Waals surface area contributed by atoms with Gasteiger partial charge in [0.25, 0.3) is 5.91 Å². The fourth-order valence-corrected chi connectivity index (χ4v) is 5.29. The Hall–Kier alpha value is -4.65. The van der Waals surface area contributed by atoms with Gasteiger partial charge < -0.3 is 26.2 Å². The molecule has 4 rings (SSSR count). The van der Waals surface area contributed by atoms with Crippen molar-refractivity contribution in [1.29, 1.82) is 0 Å². The number of primary amides is 1. The Balaban J connectivity index is 1.66. The minimum Gasteiger partial charge on any atom is -0.496 e. The number of anilines is 1. The molecule has 1 unspecified atom stereocenters. The summed E-state index contributed by atoms with van der Waals surface area (Å²) < 4.78 is 64.4. The van der Waals surface area contributed by atoms with Crippen molar-refractivity contribution in [2.75, 3.05) is 19.0 Å². The number of rotatable bonds is 11. The van der Waals surface area contributed by atoms with Gasteiger partial charge in [0.05, 0.1) is 31.1 Å². The summed E-state index contributed by atoms with van der Waals surface area (Å²) in [4.78, 5) is 24.0. The van der Waals surface area contributed by atoms with Crippen molar-refractivity contribution in [3.63, 3.8) is 0 Å². The SMILES string of the molecule is COc1ccc(F)cc1C(C)(C)CC(O)(CNc1cc(C)cc2c1cnn2-c1cccc(C(=O)N[C@@H](C)C(N)=O)c1)C(F)(F)F. The van der Waals surface area contributed by atoms with Crippen LogP contribution in [0.4, 0.5) is 23.2 Å². The van der Waals surface area contributed by atoms with E-state index in [2.05, 4.69) is 15.7 Å². The van der Waals surface area contributed by atoms with E-state index in [0.717, 1.165) is 12.1 Å². The van der Waals surface area contributed by atoms with Gasteiger partial charge in [0, 0.05) is 22.2 Å². The van der Waals surface area contributed by atoms with Gasteiger partial charge in [0.15, 0.2) is 5.60 Å². The number of fused-ring (bicyclic) bond motifs is 1. The zero-order valence-electron chi connectivity index (χ0n) is 25.4. The lowest BCUT2D eigenvalue weighted by atomic mass is 9.74. The van der Waals surface area contributed by atoms with Crippen LogP contribution in [0.1, 0.15) is 48.7 Å². The number of carbonyl (C=O) groups is 2. The Morgan fingerprint density at radius 2 is 1.82 bits per heavy atom. The number of hydrogen-bond donors (Lipinski definition) is 4. The second-order valence-corrected chi connectivity index (χ2v) is 11.7. The van der Waals surface area contributed by atoms with E-state index in [-0.39, 0.29) is 16.9 Å². The summed E-state index contributed by atoms with van der Waals surface area (Å²) in [7, 11) is 1.34. The van der Waals surface area contributed by atoms with Crippen molar-refractivity contribution in [2.45, 2.75) is 57.3 Å². The summed E-state index contributed by atoms with van der Waals surface area (Å²) in [5.41, 5.74) is 3.10. The van der Waals surface area contributed by atoms with Gasteiger partial charge in [-0.15, -0.1) is 0 Å². The first-order chi connectivity index (χ1) is 21.0. The summed E-state index contributed by atoms with van der Waals surface area (Å²) in [6.45, 7) is 5.28. The first-order valence-corrected chi connectivity index (χ1v) is 14.0. The fraction of sp³-hybridized carbons (Fsp3) is 0.344. The lowest BCUT2D eigenvalue weighted by Gasteiger charge is -2.38. The quantitative estimate of drug-likeness (QED) is 0.170. The van der Waals surface area contributed by atoms with Gasteiger partial charge in [-0.1, -0.05) is 19.9 Å². The van der Waals surface area contributed by atoms with Crippen LogP contribution in [-0.2, 0) is 10.2 Å². The topological polar surface area (TPSA) is 132 Å². The second kappa shape index (κ2) is 12.4. The second-order valence-electron chi connectivity index (χ2n) is 11.7. The van der Waals surface area contributed by atoms with Crippen molar-refractivity contribution in [3.8, 4) is 11.4 Å². The maximum absolute atomic E-state index is 14.5. The van der Waals surface area contributed by atoms with E-state index in [1.54, 1.807) is 43.3 Å². The third-order valence-electron chi connectivity index (χ3n) is 7.68. The molecule has 45 heavy (non-hydrogen) atoms. The Labute approximate surface area is 257 Å². The van der Waals surface area contributed by atoms with Gasteiger partial charge in [0.2, 0.25) is 5.91 Å². The molecule has 0 bridgehead atoms. The summed E-state index contributed by atoms with van der Waals surface area (Å²) >= 11 is 0. The molecular weight excluding hydrogens is 594 g/mol. The molecule has 3 aromatic carbocycles. The number of hydrogen-bond acceptors (Lipinski definition) is 6. The van der Waals surface area contributed by atoms with Crippen LogP contribution in [-0.4, -0.2) is 58.2 Å². The molecule has 5 N–H and O–H groups in total. The Morgan fingerprint density at radius 1 is 1.11 bits per heavy atom. The number of nitrogens with two attached hydrogens (primary N) is 1. The van der Waals surface area contributed by atoms with E-state index in [1.165, 1.54) is 44.8 Å². The largest absolute Gasteiger partial charge is 0.496 e. The number of nitrogens with zero attached hydrogens (tertiary/aromatic N) is 2. The number of nitrogens with one attached hydrogen (secondary N) is 2. The molecule has 0 saturated heterocycles. The number of alkyl halides is 3. The van der Waals surface area contributed by atoms with Crippen molar-refractivity contribution in [2.24, 2.45) is 5.73 Å². The van der Waals surface area contributed by atoms with Gasteiger partial charge >= 0.3 is 6.18 Å². The smallest absolute Gasteiger partial charge is 0.418 e. The number of methoxy groups -OCH3 is 1. The molecule has 0 aliphatic rings. The third-order valence-corrected chi connectivity index (χ3v) is 7.68. The molecule has 9 nitrogen and oxygen atoms in total. The standard InChI is InChI=1S/C32H35F4N5O4/c1-18-11-25(38-17-31(44,32(34,35)36)16-30(3,4)24-14-21(33)9-10-27(24)45-5)23-15-39-41(26(23)12-18)22-8-6-7-20(13-22)29(43)40-19(2)28(37)42/h6-15,19,38,44H,16-17H2,1-5H3,(H2,37,42)(H,40,43)/t19-,31?/m0/s1. The van der Waals surface area contributed by atoms with Gasteiger partial charge in [-0.3, -0.25) is 9.59 Å². The van der Waals surface area contributed by atoms with Gasteiger partial charge in [-0.25, -0.2) is 9.07 Å². The molecule has 0 fully saturated rings. The monoisotopic (exact) mass is 629 g/mol. The van der Waals surface area contributed by atoms with Crippen LogP contribution in [0.5, 0.6) is 5.75 Å². The number of ether oxygens (including phenoxy) is 1. The number of amides is 2. The van der Waals surface area contributed by atoms with Crippen LogP contribution in [0.15, 0.2) is 60.8 Å². The highest BCUT2D eigenvalue weighted by atomic mass is 19.4. The lowest BCUT2D eigenvalue weighted by molar-refractivity contribution is -0.260. The minimum absolute atomic E-state index is 0.187. The predicted molar refractivity (Wildman–Crippen MR) is 162 cm³/mol. The molecular formula is C32H35F4N5O4. The summed E-state index contributed by atoms with van der Waals surface area (Å²) in [5.74, 6) is -1.65. The number of aromatic nitrogens is 2. The molecule has 2 atom stereocenters. The van der Waals surface area contributed by atoms with Crippen LogP contribution in [0.3, 0.4) is 0 Å².